The molecule has 0 unspecified atom stereocenters. The maximum Gasteiger partial charge on any atom is 0.243 e. The van der Waals surface area contributed by atoms with E-state index in [0.29, 0.717) is 6.04 Å². The Hall–Kier alpha value is -0.980. The van der Waals surface area contributed by atoms with Crippen LogP contribution in [0.25, 0.3) is 0 Å². The Kier molecular flexibility index (Phi) is 5.01. The van der Waals surface area contributed by atoms with Crippen LogP contribution in [0.15, 0.2) is 29.2 Å². The zero-order valence-corrected chi connectivity index (χ0v) is 13.6. The first kappa shape index (κ1) is 16.4. The smallest absolute Gasteiger partial charge is 0.243 e. The second-order valence-electron chi connectivity index (χ2n) is 5.84. The van der Waals surface area contributed by atoms with E-state index in [0.717, 1.165) is 25.9 Å². The second kappa shape index (κ2) is 6.42. The maximum absolute atomic E-state index is 12.9. The van der Waals surface area contributed by atoms with E-state index in [1.54, 1.807) is 7.05 Å². The molecule has 0 aliphatic carbocycles. The van der Waals surface area contributed by atoms with Gasteiger partial charge in [0, 0.05) is 19.1 Å². The lowest BCUT2D eigenvalue weighted by Crippen LogP contribution is -2.47. The first-order valence-electron chi connectivity index (χ1n) is 7.30. The average Bonchev–Trinajstić information content (AvgIpc) is 2.47. The van der Waals surface area contributed by atoms with Gasteiger partial charge in [-0.2, -0.15) is 4.31 Å². The minimum atomic E-state index is -3.54. The molecule has 0 spiro atoms. The van der Waals surface area contributed by atoms with Gasteiger partial charge in [-0.25, -0.2) is 12.8 Å². The molecule has 0 amide bonds. The number of halogens is 1. The summed E-state index contributed by atoms with van der Waals surface area (Å²) in [6.45, 7) is 6.12. The summed E-state index contributed by atoms with van der Waals surface area (Å²) in [7, 11) is -1.93. The number of likely N-dealkylation sites (tertiary alicyclic amines) is 1. The highest BCUT2D eigenvalue weighted by Gasteiger charge is 2.31. The van der Waals surface area contributed by atoms with Crippen molar-refractivity contribution in [1.29, 1.82) is 0 Å². The maximum atomic E-state index is 12.9. The van der Waals surface area contributed by atoms with Crippen molar-refractivity contribution in [1.82, 2.24) is 9.21 Å². The summed E-state index contributed by atoms with van der Waals surface area (Å²) < 4.78 is 39.5. The molecule has 1 aromatic rings. The largest absolute Gasteiger partial charge is 0.301 e. The van der Waals surface area contributed by atoms with Crippen LogP contribution in [0.3, 0.4) is 0 Å². The Morgan fingerprint density at radius 2 is 1.71 bits per heavy atom. The van der Waals surface area contributed by atoms with Crippen molar-refractivity contribution < 1.29 is 12.8 Å². The number of benzene rings is 1. The van der Waals surface area contributed by atoms with Crippen LogP contribution in [0.5, 0.6) is 0 Å². The van der Waals surface area contributed by atoms with Gasteiger partial charge in [-0.05, 0) is 64.0 Å². The molecule has 118 valence electrons. The Bertz CT molecular complexity index is 564. The number of nitrogens with zero attached hydrogens (tertiary/aromatic N) is 2. The van der Waals surface area contributed by atoms with Crippen molar-refractivity contribution >= 4 is 10.0 Å². The summed E-state index contributed by atoms with van der Waals surface area (Å²) in [5.74, 6) is -0.429. The van der Waals surface area contributed by atoms with Crippen LogP contribution in [0, 0.1) is 5.82 Å². The Morgan fingerprint density at radius 1 is 1.19 bits per heavy atom. The fourth-order valence-corrected chi connectivity index (χ4v) is 4.15. The van der Waals surface area contributed by atoms with Gasteiger partial charge in [0.1, 0.15) is 5.82 Å². The quantitative estimate of drug-likeness (QED) is 0.856. The van der Waals surface area contributed by atoms with Gasteiger partial charge in [-0.3, -0.25) is 0 Å². The highest BCUT2D eigenvalue weighted by atomic mass is 32.2. The van der Waals surface area contributed by atoms with Crippen LogP contribution in [0.2, 0.25) is 0 Å². The molecule has 0 saturated carbocycles. The van der Waals surface area contributed by atoms with Gasteiger partial charge in [-0.15, -0.1) is 0 Å². The molecule has 1 heterocycles. The summed E-state index contributed by atoms with van der Waals surface area (Å²) >= 11 is 0. The van der Waals surface area contributed by atoms with Crippen molar-refractivity contribution in [3.05, 3.63) is 30.1 Å². The fourth-order valence-electron chi connectivity index (χ4n) is 2.73. The van der Waals surface area contributed by atoms with E-state index in [4.69, 9.17) is 0 Å². The Labute approximate surface area is 126 Å². The first-order chi connectivity index (χ1) is 9.82. The SMILES string of the molecule is CC(C)N1CCC(N(C)S(=O)(=O)c2ccc(F)cc2)CC1. The number of piperidine rings is 1. The lowest BCUT2D eigenvalue weighted by atomic mass is 10.0. The third-order valence-electron chi connectivity index (χ3n) is 4.23. The standard InChI is InChI=1S/C15H23FN2O2S/c1-12(2)18-10-8-14(9-11-18)17(3)21(19,20)15-6-4-13(16)5-7-15/h4-7,12,14H,8-11H2,1-3H3. The van der Waals surface area contributed by atoms with Gasteiger partial charge in [0.2, 0.25) is 10.0 Å². The summed E-state index contributed by atoms with van der Waals surface area (Å²) in [5, 5.41) is 0. The highest BCUT2D eigenvalue weighted by molar-refractivity contribution is 7.89. The van der Waals surface area contributed by atoms with E-state index in [1.165, 1.54) is 28.6 Å². The third kappa shape index (κ3) is 3.62. The predicted octanol–water partition coefficient (Wildman–Crippen LogP) is 2.32. The first-order valence-corrected chi connectivity index (χ1v) is 8.74. The van der Waals surface area contributed by atoms with E-state index in [9.17, 15) is 12.8 Å². The van der Waals surface area contributed by atoms with Gasteiger partial charge < -0.3 is 4.90 Å². The van der Waals surface area contributed by atoms with E-state index in [2.05, 4.69) is 18.7 Å². The van der Waals surface area contributed by atoms with Crippen molar-refractivity contribution in [3.63, 3.8) is 0 Å². The summed E-state index contributed by atoms with van der Waals surface area (Å²) in [6.07, 6.45) is 1.66. The Morgan fingerprint density at radius 3 is 2.19 bits per heavy atom. The molecule has 4 nitrogen and oxygen atoms in total. The number of sulfonamides is 1. The van der Waals surface area contributed by atoms with Crippen molar-refractivity contribution in [2.45, 2.75) is 43.7 Å². The number of hydrogen-bond acceptors (Lipinski definition) is 3. The zero-order valence-electron chi connectivity index (χ0n) is 12.8. The average molecular weight is 314 g/mol. The zero-order chi connectivity index (χ0) is 15.6. The second-order valence-corrected chi connectivity index (χ2v) is 7.83. The normalized spacial score (nSPS) is 18.6. The molecule has 0 N–H and O–H groups in total. The van der Waals surface area contributed by atoms with Gasteiger partial charge in [0.15, 0.2) is 0 Å². The van der Waals surface area contributed by atoms with Crippen LogP contribution >= 0.6 is 0 Å². The molecular weight excluding hydrogens is 291 g/mol. The molecule has 2 rings (SSSR count). The summed E-state index contributed by atoms with van der Waals surface area (Å²) in [6, 6.07) is 5.51. The van der Waals surface area contributed by atoms with Crippen LogP contribution in [0.4, 0.5) is 4.39 Å². The number of hydrogen-bond donors (Lipinski definition) is 0. The van der Waals surface area contributed by atoms with Crippen LogP contribution in [-0.2, 0) is 10.0 Å². The summed E-state index contributed by atoms with van der Waals surface area (Å²) in [4.78, 5) is 2.51. The molecule has 1 aromatic carbocycles. The van der Waals surface area contributed by atoms with Crippen LogP contribution in [0.1, 0.15) is 26.7 Å². The molecular formula is C15H23FN2O2S. The van der Waals surface area contributed by atoms with Crippen molar-refractivity contribution in [2.24, 2.45) is 0 Å². The minimum absolute atomic E-state index is 0.00931. The topological polar surface area (TPSA) is 40.6 Å². The van der Waals surface area contributed by atoms with Gasteiger partial charge in [-0.1, -0.05) is 0 Å². The van der Waals surface area contributed by atoms with Crippen molar-refractivity contribution in [2.75, 3.05) is 20.1 Å². The molecule has 0 bridgehead atoms. The molecule has 21 heavy (non-hydrogen) atoms. The van der Waals surface area contributed by atoms with E-state index < -0.39 is 15.8 Å². The third-order valence-corrected chi connectivity index (χ3v) is 6.16. The Balaban J connectivity index is 2.09. The lowest BCUT2D eigenvalue weighted by molar-refractivity contribution is 0.140. The number of rotatable bonds is 4. The fraction of sp³-hybridized carbons (Fsp3) is 0.600. The predicted molar refractivity (Wildman–Crippen MR) is 81.1 cm³/mol. The molecule has 1 fully saturated rings. The van der Waals surface area contributed by atoms with E-state index >= 15 is 0 Å². The van der Waals surface area contributed by atoms with Gasteiger partial charge in [0.05, 0.1) is 4.90 Å². The van der Waals surface area contributed by atoms with Crippen LogP contribution in [-0.4, -0.2) is 49.8 Å². The molecule has 0 aromatic heterocycles. The van der Waals surface area contributed by atoms with Crippen molar-refractivity contribution in [3.8, 4) is 0 Å². The highest BCUT2D eigenvalue weighted by Crippen LogP contribution is 2.23. The summed E-state index contributed by atoms with van der Waals surface area (Å²) in [5.41, 5.74) is 0. The van der Waals surface area contributed by atoms with Crippen LogP contribution < -0.4 is 0 Å². The molecule has 1 saturated heterocycles. The molecule has 0 atom stereocenters. The van der Waals surface area contributed by atoms with Gasteiger partial charge >= 0.3 is 0 Å². The van der Waals surface area contributed by atoms with Gasteiger partial charge in [0.25, 0.3) is 0 Å². The molecule has 1 aliphatic heterocycles. The molecule has 0 radical (unpaired) electrons. The minimum Gasteiger partial charge on any atom is -0.301 e. The monoisotopic (exact) mass is 314 g/mol. The van der Waals surface area contributed by atoms with E-state index in [-0.39, 0.29) is 10.9 Å². The molecule has 6 heteroatoms. The lowest BCUT2D eigenvalue weighted by Gasteiger charge is -2.37. The van der Waals surface area contributed by atoms with E-state index in [1.807, 2.05) is 0 Å². The molecule has 1 aliphatic rings.